The Labute approximate surface area is 79.2 Å². The quantitative estimate of drug-likeness (QED) is 0.727. The van der Waals surface area contributed by atoms with Crippen LogP contribution >= 0.6 is 0 Å². The molecule has 0 spiro atoms. The number of aliphatic hydroxyl groups excluding tert-OH is 1. The predicted molar refractivity (Wildman–Crippen MR) is 45.2 cm³/mol. The highest BCUT2D eigenvalue weighted by molar-refractivity contribution is 5.23. The lowest BCUT2D eigenvalue weighted by molar-refractivity contribution is 0.267. The lowest BCUT2D eigenvalue weighted by Crippen LogP contribution is -2.16. The van der Waals surface area contributed by atoms with Gasteiger partial charge in [0.2, 0.25) is 0 Å². The van der Waals surface area contributed by atoms with Gasteiger partial charge in [-0.1, -0.05) is 0 Å². The number of aliphatic hydroxyl groups is 1. The molecule has 1 aromatic rings. The van der Waals surface area contributed by atoms with E-state index in [-0.39, 0.29) is 18.7 Å². The van der Waals surface area contributed by atoms with E-state index in [2.05, 4.69) is 0 Å². The maximum atomic E-state index is 12.7. The number of nitrogens with two attached hydrogens (primary N) is 1. The minimum atomic E-state index is -1.51. The summed E-state index contributed by atoms with van der Waals surface area (Å²) in [6.45, 7) is -0.290. The van der Waals surface area contributed by atoms with Crippen LogP contribution in [0.3, 0.4) is 0 Å². The van der Waals surface area contributed by atoms with Crippen molar-refractivity contribution in [2.75, 3.05) is 13.2 Å². The summed E-state index contributed by atoms with van der Waals surface area (Å²) in [6.07, 6.45) is 0. The zero-order valence-electron chi connectivity index (χ0n) is 7.30. The van der Waals surface area contributed by atoms with Gasteiger partial charge in [-0.05, 0) is 17.7 Å². The highest BCUT2D eigenvalue weighted by Gasteiger charge is 2.15. The summed E-state index contributed by atoms with van der Waals surface area (Å²) in [7, 11) is 0. The zero-order valence-corrected chi connectivity index (χ0v) is 7.30. The van der Waals surface area contributed by atoms with Gasteiger partial charge in [0, 0.05) is 12.5 Å². The average molecular weight is 205 g/mol. The summed E-state index contributed by atoms with van der Waals surface area (Å²) in [4.78, 5) is 0. The molecule has 0 aliphatic carbocycles. The summed E-state index contributed by atoms with van der Waals surface area (Å²) < 4.78 is 38.0. The van der Waals surface area contributed by atoms with Crippen LogP contribution < -0.4 is 5.73 Å². The van der Waals surface area contributed by atoms with Crippen molar-refractivity contribution >= 4 is 0 Å². The van der Waals surface area contributed by atoms with Crippen molar-refractivity contribution in [2.24, 2.45) is 5.73 Å². The van der Waals surface area contributed by atoms with Gasteiger partial charge in [0.05, 0.1) is 6.61 Å². The van der Waals surface area contributed by atoms with Crippen LogP contribution in [0.1, 0.15) is 11.5 Å². The molecule has 0 aliphatic rings. The molecule has 5 heteroatoms. The molecule has 0 aromatic heterocycles. The Morgan fingerprint density at radius 3 is 2.07 bits per heavy atom. The number of hydrogen-bond donors (Lipinski definition) is 2. The van der Waals surface area contributed by atoms with Crippen molar-refractivity contribution in [3.05, 3.63) is 35.1 Å². The summed E-state index contributed by atoms with van der Waals surface area (Å²) in [5, 5.41) is 8.81. The molecule has 1 rings (SSSR count). The topological polar surface area (TPSA) is 46.2 Å². The smallest absolute Gasteiger partial charge is 0.194 e. The maximum Gasteiger partial charge on any atom is 0.194 e. The van der Waals surface area contributed by atoms with E-state index in [1.807, 2.05) is 0 Å². The van der Waals surface area contributed by atoms with Crippen LogP contribution in [0.5, 0.6) is 0 Å². The normalized spacial score (nSPS) is 12.9. The molecule has 1 unspecified atom stereocenters. The van der Waals surface area contributed by atoms with Gasteiger partial charge < -0.3 is 10.8 Å². The summed E-state index contributed by atoms with van der Waals surface area (Å²) >= 11 is 0. The summed E-state index contributed by atoms with van der Waals surface area (Å²) in [5.41, 5.74) is 5.41. The first-order chi connectivity index (χ1) is 6.60. The fourth-order valence-corrected chi connectivity index (χ4v) is 1.13. The van der Waals surface area contributed by atoms with E-state index in [1.165, 1.54) is 0 Å². The molecule has 0 aliphatic heterocycles. The SMILES string of the molecule is NCC(CO)c1cc(F)c(F)c(F)c1. The van der Waals surface area contributed by atoms with Gasteiger partial charge in [-0.15, -0.1) is 0 Å². The molecule has 1 atom stereocenters. The van der Waals surface area contributed by atoms with Crippen molar-refractivity contribution < 1.29 is 18.3 Å². The molecular formula is C9H10F3NO. The van der Waals surface area contributed by atoms with E-state index in [4.69, 9.17) is 10.8 Å². The van der Waals surface area contributed by atoms with Crippen LogP contribution in [0.4, 0.5) is 13.2 Å². The molecule has 14 heavy (non-hydrogen) atoms. The molecule has 2 nitrogen and oxygen atoms in total. The van der Waals surface area contributed by atoms with Crippen LogP contribution in [0.15, 0.2) is 12.1 Å². The van der Waals surface area contributed by atoms with Crippen molar-refractivity contribution in [3.63, 3.8) is 0 Å². The van der Waals surface area contributed by atoms with Gasteiger partial charge >= 0.3 is 0 Å². The minimum Gasteiger partial charge on any atom is -0.396 e. The third-order valence-corrected chi connectivity index (χ3v) is 1.98. The van der Waals surface area contributed by atoms with Gasteiger partial charge in [-0.2, -0.15) is 0 Å². The molecule has 3 N–H and O–H groups in total. The van der Waals surface area contributed by atoms with Crippen LogP contribution in [0.25, 0.3) is 0 Å². The number of hydrogen-bond acceptors (Lipinski definition) is 2. The van der Waals surface area contributed by atoms with Crippen LogP contribution in [-0.4, -0.2) is 18.3 Å². The Bertz CT molecular complexity index is 303. The van der Waals surface area contributed by atoms with E-state index < -0.39 is 23.4 Å². The molecule has 0 amide bonds. The lowest BCUT2D eigenvalue weighted by atomic mass is 10.00. The molecule has 0 radical (unpaired) electrons. The Kier molecular flexibility index (Phi) is 3.49. The lowest BCUT2D eigenvalue weighted by Gasteiger charge is -2.12. The summed E-state index contributed by atoms with van der Waals surface area (Å²) in [5.74, 6) is -4.62. The van der Waals surface area contributed by atoms with Crippen LogP contribution in [0, 0.1) is 17.5 Å². The van der Waals surface area contributed by atoms with E-state index in [0.29, 0.717) is 0 Å². The molecular weight excluding hydrogens is 195 g/mol. The highest BCUT2D eigenvalue weighted by Crippen LogP contribution is 2.19. The van der Waals surface area contributed by atoms with Crippen molar-refractivity contribution in [3.8, 4) is 0 Å². The first-order valence-electron chi connectivity index (χ1n) is 4.05. The van der Waals surface area contributed by atoms with Crippen LogP contribution in [0.2, 0.25) is 0 Å². The standard InChI is InChI=1S/C9H10F3NO/c10-7-1-5(6(3-13)4-14)2-8(11)9(7)12/h1-2,6,14H,3-4,13H2. The van der Waals surface area contributed by atoms with Crippen LogP contribution in [-0.2, 0) is 0 Å². The van der Waals surface area contributed by atoms with E-state index in [0.717, 1.165) is 12.1 Å². The van der Waals surface area contributed by atoms with Gasteiger partial charge in [0.25, 0.3) is 0 Å². The minimum absolute atomic E-state index is 0.0427. The molecule has 0 bridgehead atoms. The van der Waals surface area contributed by atoms with Gasteiger partial charge in [0.1, 0.15) is 0 Å². The number of benzene rings is 1. The predicted octanol–water partition coefficient (Wildman–Crippen LogP) is 1.14. The Balaban J connectivity index is 3.11. The van der Waals surface area contributed by atoms with Crippen molar-refractivity contribution in [1.82, 2.24) is 0 Å². The van der Waals surface area contributed by atoms with Crippen molar-refractivity contribution in [1.29, 1.82) is 0 Å². The van der Waals surface area contributed by atoms with E-state index >= 15 is 0 Å². The zero-order chi connectivity index (χ0) is 10.7. The fraction of sp³-hybridized carbons (Fsp3) is 0.333. The Morgan fingerprint density at radius 2 is 1.71 bits per heavy atom. The Hall–Kier alpha value is -1.07. The average Bonchev–Trinajstić information content (AvgIpc) is 2.16. The summed E-state index contributed by atoms with van der Waals surface area (Å²) in [6, 6.07) is 1.68. The highest BCUT2D eigenvalue weighted by atomic mass is 19.2. The van der Waals surface area contributed by atoms with Gasteiger partial charge in [0.15, 0.2) is 17.5 Å². The number of halogens is 3. The Morgan fingerprint density at radius 1 is 1.21 bits per heavy atom. The maximum absolute atomic E-state index is 12.7. The van der Waals surface area contributed by atoms with Crippen molar-refractivity contribution in [2.45, 2.75) is 5.92 Å². The van der Waals surface area contributed by atoms with Gasteiger partial charge in [-0.25, -0.2) is 13.2 Å². The third-order valence-electron chi connectivity index (χ3n) is 1.98. The first-order valence-corrected chi connectivity index (χ1v) is 4.05. The third kappa shape index (κ3) is 2.05. The first kappa shape index (κ1) is 11.0. The fourth-order valence-electron chi connectivity index (χ4n) is 1.13. The molecule has 0 saturated carbocycles. The molecule has 0 heterocycles. The second kappa shape index (κ2) is 4.43. The second-order valence-corrected chi connectivity index (χ2v) is 2.91. The molecule has 0 saturated heterocycles. The number of rotatable bonds is 3. The van der Waals surface area contributed by atoms with Gasteiger partial charge in [-0.3, -0.25) is 0 Å². The molecule has 1 aromatic carbocycles. The molecule has 78 valence electrons. The monoisotopic (exact) mass is 205 g/mol. The van der Waals surface area contributed by atoms with E-state index in [1.54, 1.807) is 0 Å². The van der Waals surface area contributed by atoms with E-state index in [9.17, 15) is 13.2 Å². The largest absolute Gasteiger partial charge is 0.396 e. The molecule has 0 fully saturated rings. The second-order valence-electron chi connectivity index (χ2n) is 2.91.